The molecule has 0 saturated heterocycles. The van der Waals surface area contributed by atoms with Crippen molar-refractivity contribution < 1.29 is 4.79 Å². The van der Waals surface area contributed by atoms with Crippen LogP contribution in [0.25, 0.3) is 0 Å². The van der Waals surface area contributed by atoms with Gasteiger partial charge in [0.1, 0.15) is 0 Å². The van der Waals surface area contributed by atoms with Crippen molar-refractivity contribution in [1.29, 1.82) is 0 Å². The molecule has 1 aromatic carbocycles. The van der Waals surface area contributed by atoms with Crippen LogP contribution in [0.15, 0.2) is 24.3 Å². The summed E-state index contributed by atoms with van der Waals surface area (Å²) in [4.78, 5) is 10.9. The lowest BCUT2D eigenvalue weighted by molar-refractivity contribution is -0.118. The molecule has 3 N–H and O–H groups in total. The van der Waals surface area contributed by atoms with Crippen molar-refractivity contribution in [2.24, 2.45) is 5.73 Å². The van der Waals surface area contributed by atoms with E-state index in [0.29, 0.717) is 12.5 Å². The minimum absolute atomic E-state index is 0.138. The highest BCUT2D eigenvalue weighted by Gasteiger charge is 2.20. The topological polar surface area (TPSA) is 55.1 Å². The quantitative estimate of drug-likeness (QED) is 0.801. The predicted molar refractivity (Wildman–Crippen MR) is 73.1 cm³/mol. The largest absolute Gasteiger partial charge is 0.370 e. The average Bonchev–Trinajstić information content (AvgIpc) is 2.51. The Labute approximate surface area is 109 Å². The van der Waals surface area contributed by atoms with Crippen molar-refractivity contribution >= 4 is 5.91 Å². The van der Waals surface area contributed by atoms with Crippen LogP contribution in [0, 0.1) is 0 Å². The number of rotatable bonds is 4. The van der Waals surface area contributed by atoms with E-state index in [-0.39, 0.29) is 11.9 Å². The number of carbonyl (C=O) groups is 1. The smallest absolute Gasteiger partial charge is 0.218 e. The molecule has 3 nitrogen and oxygen atoms in total. The molecule has 0 fully saturated rings. The van der Waals surface area contributed by atoms with Gasteiger partial charge in [-0.2, -0.15) is 0 Å². The van der Waals surface area contributed by atoms with Gasteiger partial charge in [-0.15, -0.1) is 0 Å². The first-order valence-corrected chi connectivity index (χ1v) is 6.79. The normalized spacial score (nSPS) is 20.8. The van der Waals surface area contributed by atoms with E-state index >= 15 is 0 Å². The maximum absolute atomic E-state index is 10.9. The highest BCUT2D eigenvalue weighted by Crippen LogP contribution is 2.28. The van der Waals surface area contributed by atoms with Crippen molar-refractivity contribution in [2.45, 2.75) is 51.1 Å². The Morgan fingerprint density at radius 2 is 2.22 bits per heavy atom. The summed E-state index contributed by atoms with van der Waals surface area (Å²) in [5, 5.41) is 3.55. The maximum Gasteiger partial charge on any atom is 0.218 e. The van der Waals surface area contributed by atoms with Crippen LogP contribution in [0.3, 0.4) is 0 Å². The maximum atomic E-state index is 10.9. The molecule has 0 spiro atoms. The van der Waals surface area contributed by atoms with Crippen LogP contribution in [-0.2, 0) is 11.2 Å². The standard InChI is InChI=1S/C15H22N2O/c1-11(10-15(16)18)17-14-9-5-3-7-12-6-2-4-8-13(12)14/h2,4,6,8,11,14,17H,3,5,7,9-10H2,1H3,(H2,16,18). The molecule has 1 amide bonds. The van der Waals surface area contributed by atoms with Crippen LogP contribution >= 0.6 is 0 Å². The molecule has 0 radical (unpaired) electrons. The third kappa shape index (κ3) is 3.33. The molecule has 2 unspecified atom stereocenters. The minimum atomic E-state index is -0.239. The summed E-state index contributed by atoms with van der Waals surface area (Å²) in [5.41, 5.74) is 8.08. The van der Waals surface area contributed by atoms with Crippen LogP contribution in [0.1, 0.15) is 49.8 Å². The number of fused-ring (bicyclic) bond motifs is 1. The molecular weight excluding hydrogens is 224 g/mol. The summed E-state index contributed by atoms with van der Waals surface area (Å²) in [5.74, 6) is -0.239. The van der Waals surface area contributed by atoms with Gasteiger partial charge in [-0.1, -0.05) is 30.7 Å². The van der Waals surface area contributed by atoms with Crippen molar-refractivity contribution in [2.75, 3.05) is 0 Å². The van der Waals surface area contributed by atoms with Crippen LogP contribution in [0.4, 0.5) is 0 Å². The number of hydrogen-bond donors (Lipinski definition) is 2. The molecule has 1 aliphatic carbocycles. The molecule has 2 atom stereocenters. The van der Waals surface area contributed by atoms with Gasteiger partial charge in [0.2, 0.25) is 5.91 Å². The zero-order chi connectivity index (χ0) is 13.0. The first-order valence-electron chi connectivity index (χ1n) is 6.79. The van der Waals surface area contributed by atoms with E-state index in [1.54, 1.807) is 0 Å². The lowest BCUT2D eigenvalue weighted by Gasteiger charge is -2.23. The second kappa shape index (κ2) is 6.01. The number of carbonyl (C=O) groups excluding carboxylic acids is 1. The second-order valence-corrected chi connectivity index (χ2v) is 5.24. The first-order chi connectivity index (χ1) is 8.66. The average molecular weight is 246 g/mol. The van der Waals surface area contributed by atoms with E-state index in [1.165, 1.54) is 30.4 Å². The highest BCUT2D eigenvalue weighted by atomic mass is 16.1. The van der Waals surface area contributed by atoms with Gasteiger partial charge in [-0.25, -0.2) is 0 Å². The van der Waals surface area contributed by atoms with Crippen molar-refractivity contribution in [3.63, 3.8) is 0 Å². The fraction of sp³-hybridized carbons (Fsp3) is 0.533. The molecule has 18 heavy (non-hydrogen) atoms. The lowest BCUT2D eigenvalue weighted by atomic mass is 9.98. The number of amides is 1. The molecule has 0 heterocycles. The SMILES string of the molecule is CC(CC(N)=O)NC1CCCCc2ccccc21. The third-order valence-corrected chi connectivity index (χ3v) is 3.61. The summed E-state index contributed by atoms with van der Waals surface area (Å²) in [7, 11) is 0. The summed E-state index contributed by atoms with van der Waals surface area (Å²) in [6.45, 7) is 2.03. The Balaban J connectivity index is 2.10. The van der Waals surface area contributed by atoms with Crippen LogP contribution < -0.4 is 11.1 Å². The van der Waals surface area contributed by atoms with Gasteiger partial charge in [-0.3, -0.25) is 4.79 Å². The van der Waals surface area contributed by atoms with Gasteiger partial charge in [-0.05, 0) is 37.3 Å². The third-order valence-electron chi connectivity index (χ3n) is 3.61. The van der Waals surface area contributed by atoms with Gasteiger partial charge >= 0.3 is 0 Å². The van der Waals surface area contributed by atoms with E-state index in [9.17, 15) is 4.79 Å². The molecule has 98 valence electrons. The second-order valence-electron chi connectivity index (χ2n) is 5.24. The Morgan fingerprint density at radius 1 is 1.44 bits per heavy atom. The molecule has 3 heteroatoms. The predicted octanol–water partition coefficient (Wildman–Crippen LogP) is 2.31. The molecule has 0 aromatic heterocycles. The van der Waals surface area contributed by atoms with E-state index in [4.69, 9.17) is 5.73 Å². The highest BCUT2D eigenvalue weighted by molar-refractivity contribution is 5.74. The first kappa shape index (κ1) is 13.1. The molecule has 0 aliphatic heterocycles. The molecule has 0 saturated carbocycles. The Morgan fingerprint density at radius 3 is 3.00 bits per heavy atom. The van der Waals surface area contributed by atoms with E-state index in [0.717, 1.165) is 6.42 Å². The number of hydrogen-bond acceptors (Lipinski definition) is 2. The number of aryl methyl sites for hydroxylation is 1. The molecule has 2 rings (SSSR count). The molecule has 0 bridgehead atoms. The Hall–Kier alpha value is -1.35. The van der Waals surface area contributed by atoms with Crippen LogP contribution in [-0.4, -0.2) is 11.9 Å². The summed E-state index contributed by atoms with van der Waals surface area (Å²) < 4.78 is 0. The zero-order valence-corrected chi connectivity index (χ0v) is 11.0. The van der Waals surface area contributed by atoms with Gasteiger partial charge in [0.15, 0.2) is 0 Å². The van der Waals surface area contributed by atoms with Crippen molar-refractivity contribution in [3.05, 3.63) is 35.4 Å². The van der Waals surface area contributed by atoms with Gasteiger partial charge in [0.05, 0.1) is 0 Å². The fourth-order valence-corrected chi connectivity index (χ4v) is 2.80. The fourth-order valence-electron chi connectivity index (χ4n) is 2.80. The Kier molecular flexibility index (Phi) is 4.37. The minimum Gasteiger partial charge on any atom is -0.370 e. The summed E-state index contributed by atoms with van der Waals surface area (Å²) >= 11 is 0. The summed E-state index contributed by atoms with van der Waals surface area (Å²) in [6, 6.07) is 9.12. The molecular formula is C15H22N2O. The lowest BCUT2D eigenvalue weighted by Crippen LogP contribution is -2.34. The number of nitrogens with two attached hydrogens (primary N) is 1. The number of nitrogens with one attached hydrogen (secondary N) is 1. The number of benzene rings is 1. The van der Waals surface area contributed by atoms with E-state index in [2.05, 4.69) is 29.6 Å². The van der Waals surface area contributed by atoms with Crippen LogP contribution in [0.5, 0.6) is 0 Å². The van der Waals surface area contributed by atoms with Crippen molar-refractivity contribution in [1.82, 2.24) is 5.32 Å². The van der Waals surface area contributed by atoms with Gasteiger partial charge in [0, 0.05) is 18.5 Å². The summed E-state index contributed by atoms with van der Waals surface area (Å²) in [6.07, 6.45) is 5.19. The monoisotopic (exact) mass is 246 g/mol. The van der Waals surface area contributed by atoms with E-state index < -0.39 is 0 Å². The number of primary amides is 1. The zero-order valence-electron chi connectivity index (χ0n) is 11.0. The molecule has 1 aliphatic rings. The Bertz CT molecular complexity index is 417. The molecule has 1 aromatic rings. The van der Waals surface area contributed by atoms with E-state index in [1.807, 2.05) is 6.92 Å². The van der Waals surface area contributed by atoms with Gasteiger partial charge < -0.3 is 11.1 Å². The van der Waals surface area contributed by atoms with Gasteiger partial charge in [0.25, 0.3) is 0 Å². The van der Waals surface area contributed by atoms with Crippen LogP contribution in [0.2, 0.25) is 0 Å². The van der Waals surface area contributed by atoms with Crippen molar-refractivity contribution in [3.8, 4) is 0 Å².